The van der Waals surface area contributed by atoms with Crippen LogP contribution in [0.25, 0.3) is 11.0 Å². The van der Waals surface area contributed by atoms with E-state index in [-0.39, 0.29) is 5.97 Å². The van der Waals surface area contributed by atoms with Crippen molar-refractivity contribution < 1.29 is 13.9 Å². The first kappa shape index (κ1) is 17.3. The van der Waals surface area contributed by atoms with Crippen molar-refractivity contribution in [3.8, 4) is 5.75 Å². The Bertz CT molecular complexity index is 1320. The number of para-hydroxylation sites is 1. The van der Waals surface area contributed by atoms with Crippen molar-refractivity contribution in [2.75, 3.05) is 4.90 Å². The Hall–Kier alpha value is -3.53. The van der Waals surface area contributed by atoms with Crippen LogP contribution < -0.4 is 9.64 Å². The number of benzene rings is 3. The number of nitrogens with zero attached hydrogens (tertiary/aromatic N) is 1. The van der Waals surface area contributed by atoms with Crippen molar-refractivity contribution in [3.05, 3.63) is 82.9 Å². The molecule has 2 aliphatic rings. The van der Waals surface area contributed by atoms with E-state index in [1.165, 1.54) is 24.0 Å². The normalized spacial score (nSPS) is 15.2. The van der Waals surface area contributed by atoms with Crippen LogP contribution >= 0.6 is 0 Å². The predicted molar refractivity (Wildman–Crippen MR) is 117 cm³/mol. The van der Waals surface area contributed by atoms with Gasteiger partial charge in [-0.1, -0.05) is 35.9 Å². The van der Waals surface area contributed by atoms with Crippen LogP contribution in [0.2, 0.25) is 0 Å². The second-order valence-electron chi connectivity index (χ2n) is 8.10. The molecule has 4 nitrogen and oxygen atoms in total. The fourth-order valence-corrected chi connectivity index (χ4v) is 4.73. The highest BCUT2D eigenvalue weighted by Crippen LogP contribution is 2.50. The van der Waals surface area contributed by atoms with E-state index in [4.69, 9.17) is 9.15 Å². The number of hydrogen-bond acceptors (Lipinski definition) is 4. The van der Waals surface area contributed by atoms with Gasteiger partial charge in [-0.3, -0.25) is 4.90 Å². The van der Waals surface area contributed by atoms with Crippen molar-refractivity contribution >= 4 is 34.2 Å². The van der Waals surface area contributed by atoms with E-state index in [2.05, 4.69) is 23.1 Å². The van der Waals surface area contributed by atoms with Gasteiger partial charge in [-0.15, -0.1) is 0 Å². The summed E-state index contributed by atoms with van der Waals surface area (Å²) < 4.78 is 12.3. The van der Waals surface area contributed by atoms with Crippen LogP contribution in [-0.4, -0.2) is 5.97 Å². The smallest absolute Gasteiger partial charge is 0.345 e. The molecule has 1 aromatic heterocycles. The van der Waals surface area contributed by atoms with Crippen LogP contribution in [0.1, 0.15) is 39.9 Å². The summed E-state index contributed by atoms with van der Waals surface area (Å²) in [6, 6.07) is 20.0. The molecule has 0 atom stereocenters. The van der Waals surface area contributed by atoms with Crippen molar-refractivity contribution in [2.45, 2.75) is 32.6 Å². The number of carbonyl (C=O) groups is 1. The van der Waals surface area contributed by atoms with Crippen LogP contribution in [0.5, 0.6) is 5.75 Å². The Morgan fingerprint density at radius 3 is 2.67 bits per heavy atom. The van der Waals surface area contributed by atoms with Gasteiger partial charge in [-0.2, -0.15) is 0 Å². The maximum absolute atomic E-state index is 13.1. The molecule has 0 saturated heterocycles. The molecule has 1 aliphatic carbocycles. The third-order valence-corrected chi connectivity index (χ3v) is 6.16. The van der Waals surface area contributed by atoms with Crippen molar-refractivity contribution in [1.29, 1.82) is 0 Å². The van der Waals surface area contributed by atoms with Crippen LogP contribution in [0.3, 0.4) is 0 Å². The number of esters is 1. The highest BCUT2D eigenvalue weighted by molar-refractivity contribution is 6.06. The summed E-state index contributed by atoms with van der Waals surface area (Å²) in [6.45, 7) is 2.03. The molecule has 30 heavy (non-hydrogen) atoms. The fraction of sp³-hybridized carbons (Fsp3) is 0.192. The molecule has 0 fully saturated rings. The van der Waals surface area contributed by atoms with Crippen LogP contribution in [0.4, 0.5) is 17.3 Å². The highest BCUT2D eigenvalue weighted by Gasteiger charge is 2.34. The van der Waals surface area contributed by atoms with E-state index >= 15 is 0 Å². The first-order chi connectivity index (χ1) is 14.7. The van der Waals surface area contributed by atoms with Crippen LogP contribution in [0, 0.1) is 6.92 Å². The lowest BCUT2D eigenvalue weighted by Crippen LogP contribution is -2.15. The number of carbonyl (C=O) groups excluding carboxylic acids is 1. The molecule has 6 rings (SSSR count). The fourth-order valence-electron chi connectivity index (χ4n) is 4.73. The second-order valence-corrected chi connectivity index (χ2v) is 8.10. The Balaban J connectivity index is 1.70. The molecule has 0 spiro atoms. The first-order valence-corrected chi connectivity index (χ1v) is 10.5. The summed E-state index contributed by atoms with van der Waals surface area (Å²) in [5.41, 5.74) is 6.90. The minimum atomic E-state index is -0.358. The van der Waals surface area contributed by atoms with Gasteiger partial charge in [-0.25, -0.2) is 4.79 Å². The molecule has 1 aliphatic heterocycles. The van der Waals surface area contributed by atoms with Crippen LogP contribution in [0.15, 0.2) is 65.1 Å². The van der Waals surface area contributed by atoms with E-state index in [9.17, 15) is 4.79 Å². The first-order valence-electron chi connectivity index (χ1n) is 10.5. The molecule has 0 N–H and O–H groups in total. The van der Waals surface area contributed by atoms with Gasteiger partial charge in [0, 0.05) is 0 Å². The van der Waals surface area contributed by atoms with Gasteiger partial charge in [-0.05, 0) is 74.1 Å². The van der Waals surface area contributed by atoms with Crippen molar-refractivity contribution in [1.82, 2.24) is 0 Å². The standard InChI is InChI=1S/C26H21NO3/c1-16-13-14-23-20(15-16)24-25(29-23)27(22-11-5-4-10-19(22)26(28)30-24)21-12-6-8-17-7-2-3-9-18(17)21/h4-6,8,10-15H,2-3,7,9H2,1H3. The van der Waals surface area contributed by atoms with Gasteiger partial charge in [0.15, 0.2) is 0 Å². The van der Waals surface area contributed by atoms with Gasteiger partial charge in [0.1, 0.15) is 5.58 Å². The monoisotopic (exact) mass is 395 g/mol. The molecular formula is C26H21NO3. The summed E-state index contributed by atoms with van der Waals surface area (Å²) >= 11 is 0. The summed E-state index contributed by atoms with van der Waals surface area (Å²) in [5.74, 6) is 0.694. The Morgan fingerprint density at radius 2 is 1.73 bits per heavy atom. The Morgan fingerprint density at radius 1 is 0.900 bits per heavy atom. The average Bonchev–Trinajstić information content (AvgIpc) is 3.05. The summed E-state index contributed by atoms with van der Waals surface area (Å²) in [6.07, 6.45) is 4.48. The number of aryl methyl sites for hydroxylation is 2. The zero-order valence-electron chi connectivity index (χ0n) is 16.8. The lowest BCUT2D eigenvalue weighted by Gasteiger charge is -2.28. The molecule has 148 valence electrons. The number of rotatable bonds is 1. The minimum Gasteiger partial charge on any atom is -0.436 e. The van der Waals surface area contributed by atoms with E-state index in [0.29, 0.717) is 22.8 Å². The largest absolute Gasteiger partial charge is 0.436 e. The number of hydrogen-bond donors (Lipinski definition) is 0. The molecule has 0 bridgehead atoms. The minimum absolute atomic E-state index is 0.358. The van der Waals surface area contributed by atoms with E-state index < -0.39 is 0 Å². The zero-order chi connectivity index (χ0) is 20.2. The van der Waals surface area contributed by atoms with Crippen molar-refractivity contribution in [3.63, 3.8) is 0 Å². The highest BCUT2D eigenvalue weighted by atomic mass is 16.5. The summed E-state index contributed by atoms with van der Waals surface area (Å²) in [4.78, 5) is 15.1. The van der Waals surface area contributed by atoms with E-state index in [1.807, 2.05) is 49.4 Å². The quantitative estimate of drug-likeness (QED) is 0.340. The van der Waals surface area contributed by atoms with Gasteiger partial charge in [0.05, 0.1) is 22.3 Å². The average molecular weight is 395 g/mol. The number of anilines is 3. The predicted octanol–water partition coefficient (Wildman–Crippen LogP) is 6.62. The van der Waals surface area contributed by atoms with E-state index in [0.717, 1.165) is 35.2 Å². The van der Waals surface area contributed by atoms with Gasteiger partial charge < -0.3 is 9.15 Å². The van der Waals surface area contributed by atoms with E-state index in [1.54, 1.807) is 0 Å². The lowest BCUT2D eigenvalue weighted by atomic mass is 9.90. The van der Waals surface area contributed by atoms with Gasteiger partial charge in [0.2, 0.25) is 11.6 Å². The van der Waals surface area contributed by atoms with Crippen LogP contribution in [-0.2, 0) is 12.8 Å². The molecule has 2 heterocycles. The molecule has 4 aromatic rings. The zero-order valence-corrected chi connectivity index (χ0v) is 16.8. The Kier molecular flexibility index (Phi) is 3.75. The summed E-state index contributed by atoms with van der Waals surface area (Å²) in [7, 11) is 0. The number of furan rings is 1. The van der Waals surface area contributed by atoms with Gasteiger partial charge >= 0.3 is 5.97 Å². The second kappa shape index (κ2) is 6.49. The molecule has 4 heteroatoms. The molecule has 3 aromatic carbocycles. The number of fused-ring (bicyclic) bond motifs is 5. The third kappa shape index (κ3) is 2.50. The summed E-state index contributed by atoms with van der Waals surface area (Å²) in [5, 5.41) is 0.820. The topological polar surface area (TPSA) is 42.7 Å². The molecule has 0 unspecified atom stereocenters. The SMILES string of the molecule is Cc1ccc2oc3c(c2c1)OC(=O)c1ccccc1N3c1cccc2c1CCCC2. The van der Waals surface area contributed by atoms with Crippen molar-refractivity contribution in [2.24, 2.45) is 0 Å². The molecule has 0 saturated carbocycles. The molecular weight excluding hydrogens is 374 g/mol. The lowest BCUT2D eigenvalue weighted by molar-refractivity contribution is 0.0740. The Labute approximate surface area is 174 Å². The third-order valence-electron chi connectivity index (χ3n) is 6.16. The van der Waals surface area contributed by atoms with Gasteiger partial charge in [0.25, 0.3) is 0 Å². The molecule has 0 radical (unpaired) electrons. The number of ether oxygens (including phenoxy) is 1. The molecule has 0 amide bonds. The maximum Gasteiger partial charge on any atom is 0.345 e. The maximum atomic E-state index is 13.1.